The van der Waals surface area contributed by atoms with Crippen LogP contribution >= 0.6 is 0 Å². The normalized spacial score (nSPS) is 11.2. The van der Waals surface area contributed by atoms with Gasteiger partial charge < -0.3 is 9.84 Å². The van der Waals surface area contributed by atoms with Gasteiger partial charge in [0.2, 0.25) is 0 Å². The summed E-state index contributed by atoms with van der Waals surface area (Å²) in [7, 11) is 0. The Kier molecular flexibility index (Phi) is 6.76. The van der Waals surface area contributed by atoms with Crippen LogP contribution in [0.1, 0.15) is 32.8 Å². The van der Waals surface area contributed by atoms with E-state index in [9.17, 15) is 0 Å². The molecule has 18 heavy (non-hydrogen) atoms. The number of hydrogen-bond acceptors (Lipinski definition) is 3. The minimum Gasteiger partial charge on any atom is -0.494 e. The van der Waals surface area contributed by atoms with Gasteiger partial charge >= 0.3 is 0 Å². The molecule has 0 aliphatic heterocycles. The van der Waals surface area contributed by atoms with E-state index in [1.54, 1.807) is 0 Å². The number of rotatable bonds is 8. The van der Waals surface area contributed by atoms with Crippen molar-refractivity contribution in [2.75, 3.05) is 19.8 Å². The second-order valence-electron chi connectivity index (χ2n) is 4.72. The highest BCUT2D eigenvalue weighted by Gasteiger charge is 2.09. The minimum atomic E-state index is 0.256. The molecule has 3 heteroatoms. The Morgan fingerprint density at radius 2 is 1.89 bits per heavy atom. The van der Waals surface area contributed by atoms with Crippen molar-refractivity contribution in [1.82, 2.24) is 4.90 Å². The first-order chi connectivity index (χ1) is 8.67. The molecular weight excluding hydrogens is 226 g/mol. The molecule has 1 aromatic carbocycles. The van der Waals surface area contributed by atoms with Crippen LogP contribution in [-0.2, 0) is 6.54 Å². The molecule has 1 N–H and O–H groups in total. The lowest BCUT2D eigenvalue weighted by Gasteiger charge is -2.26. The lowest BCUT2D eigenvalue weighted by atomic mass is 10.1. The van der Waals surface area contributed by atoms with Crippen molar-refractivity contribution < 1.29 is 9.84 Å². The third-order valence-electron chi connectivity index (χ3n) is 2.95. The van der Waals surface area contributed by atoms with Gasteiger partial charge in [-0.25, -0.2) is 0 Å². The standard InChI is InChI=1S/C15H25NO2/c1-4-18-15-8-6-14(7-9-15)12-16(13(2)3)10-5-11-17/h6-9,13,17H,4-5,10-12H2,1-3H3. The van der Waals surface area contributed by atoms with Crippen LogP contribution in [0.3, 0.4) is 0 Å². The molecule has 0 bridgehead atoms. The van der Waals surface area contributed by atoms with Gasteiger partial charge in [0, 0.05) is 25.7 Å². The van der Waals surface area contributed by atoms with E-state index in [-0.39, 0.29) is 6.61 Å². The number of aliphatic hydroxyl groups excluding tert-OH is 1. The molecule has 0 saturated carbocycles. The second-order valence-corrected chi connectivity index (χ2v) is 4.72. The number of hydrogen-bond donors (Lipinski definition) is 1. The summed E-state index contributed by atoms with van der Waals surface area (Å²) in [6.45, 7) is 9.17. The maximum absolute atomic E-state index is 8.92. The van der Waals surface area contributed by atoms with Crippen molar-refractivity contribution >= 4 is 0 Å². The molecular formula is C15H25NO2. The maximum atomic E-state index is 8.92. The third kappa shape index (κ3) is 5.07. The zero-order valence-electron chi connectivity index (χ0n) is 11.7. The van der Waals surface area contributed by atoms with E-state index in [0.29, 0.717) is 12.6 Å². The molecule has 0 amide bonds. The first-order valence-electron chi connectivity index (χ1n) is 6.74. The summed E-state index contributed by atoms with van der Waals surface area (Å²) in [5.41, 5.74) is 1.28. The molecule has 0 saturated heterocycles. The summed E-state index contributed by atoms with van der Waals surface area (Å²) < 4.78 is 5.43. The third-order valence-corrected chi connectivity index (χ3v) is 2.95. The molecule has 0 unspecified atom stereocenters. The zero-order valence-corrected chi connectivity index (χ0v) is 11.7. The van der Waals surface area contributed by atoms with Gasteiger partial charge in [0.15, 0.2) is 0 Å². The van der Waals surface area contributed by atoms with E-state index in [1.807, 2.05) is 19.1 Å². The SMILES string of the molecule is CCOc1ccc(CN(CCCO)C(C)C)cc1. The Morgan fingerprint density at radius 3 is 2.39 bits per heavy atom. The first-order valence-corrected chi connectivity index (χ1v) is 6.74. The Morgan fingerprint density at radius 1 is 1.22 bits per heavy atom. The van der Waals surface area contributed by atoms with Crippen molar-refractivity contribution in [3.8, 4) is 5.75 Å². The lowest BCUT2D eigenvalue weighted by Crippen LogP contribution is -2.31. The van der Waals surface area contributed by atoms with E-state index < -0.39 is 0 Å². The summed E-state index contributed by atoms with van der Waals surface area (Å²) >= 11 is 0. The molecule has 102 valence electrons. The summed E-state index contributed by atoms with van der Waals surface area (Å²) in [5.74, 6) is 0.924. The predicted molar refractivity (Wildman–Crippen MR) is 74.9 cm³/mol. The quantitative estimate of drug-likeness (QED) is 0.771. The average Bonchev–Trinajstić information content (AvgIpc) is 2.36. The Hall–Kier alpha value is -1.06. The molecule has 0 fully saturated rings. The van der Waals surface area contributed by atoms with Crippen LogP contribution in [0.2, 0.25) is 0 Å². The van der Waals surface area contributed by atoms with Crippen molar-refractivity contribution in [1.29, 1.82) is 0 Å². The molecule has 1 rings (SSSR count). The van der Waals surface area contributed by atoms with Crippen LogP contribution in [0.5, 0.6) is 5.75 Å². The van der Waals surface area contributed by atoms with E-state index in [1.165, 1.54) is 5.56 Å². The smallest absolute Gasteiger partial charge is 0.119 e. The second kappa shape index (κ2) is 8.11. The van der Waals surface area contributed by atoms with Gasteiger partial charge in [-0.2, -0.15) is 0 Å². The highest BCUT2D eigenvalue weighted by atomic mass is 16.5. The molecule has 3 nitrogen and oxygen atoms in total. The van der Waals surface area contributed by atoms with Crippen molar-refractivity contribution in [2.24, 2.45) is 0 Å². The number of benzene rings is 1. The number of nitrogens with zero attached hydrogens (tertiary/aromatic N) is 1. The number of ether oxygens (including phenoxy) is 1. The fourth-order valence-corrected chi connectivity index (χ4v) is 1.89. The monoisotopic (exact) mass is 251 g/mol. The summed E-state index contributed by atoms with van der Waals surface area (Å²) in [4.78, 5) is 2.37. The summed E-state index contributed by atoms with van der Waals surface area (Å²) in [5, 5.41) is 8.92. The highest BCUT2D eigenvalue weighted by Crippen LogP contribution is 2.15. The number of aliphatic hydroxyl groups is 1. The maximum Gasteiger partial charge on any atom is 0.119 e. The molecule has 0 aromatic heterocycles. The topological polar surface area (TPSA) is 32.7 Å². The molecule has 1 aromatic rings. The van der Waals surface area contributed by atoms with Gasteiger partial charge in [-0.05, 0) is 44.9 Å². The predicted octanol–water partition coefficient (Wildman–Crippen LogP) is 2.68. The zero-order chi connectivity index (χ0) is 13.4. The minimum absolute atomic E-state index is 0.256. The van der Waals surface area contributed by atoms with Crippen molar-refractivity contribution in [2.45, 2.75) is 39.8 Å². The van der Waals surface area contributed by atoms with E-state index in [2.05, 4.69) is 30.9 Å². The Bertz CT molecular complexity index is 322. The summed E-state index contributed by atoms with van der Waals surface area (Å²) in [6, 6.07) is 8.74. The molecule has 0 spiro atoms. The molecule has 0 radical (unpaired) electrons. The Labute approximate surface area is 110 Å². The van der Waals surface area contributed by atoms with Crippen LogP contribution in [0.4, 0.5) is 0 Å². The van der Waals surface area contributed by atoms with Gasteiger partial charge in [0.05, 0.1) is 6.61 Å². The van der Waals surface area contributed by atoms with Crippen molar-refractivity contribution in [3.63, 3.8) is 0 Å². The summed E-state index contributed by atoms with van der Waals surface area (Å²) in [6.07, 6.45) is 0.829. The van der Waals surface area contributed by atoms with Crippen LogP contribution in [0, 0.1) is 0 Å². The van der Waals surface area contributed by atoms with Gasteiger partial charge in [0.1, 0.15) is 5.75 Å². The van der Waals surface area contributed by atoms with Gasteiger partial charge in [-0.1, -0.05) is 12.1 Å². The van der Waals surface area contributed by atoms with E-state index in [0.717, 1.165) is 25.3 Å². The molecule has 0 aliphatic rings. The van der Waals surface area contributed by atoms with Crippen LogP contribution in [0.25, 0.3) is 0 Å². The Balaban J connectivity index is 2.57. The lowest BCUT2D eigenvalue weighted by molar-refractivity contribution is 0.185. The van der Waals surface area contributed by atoms with E-state index >= 15 is 0 Å². The fraction of sp³-hybridized carbons (Fsp3) is 0.600. The van der Waals surface area contributed by atoms with Crippen LogP contribution < -0.4 is 4.74 Å². The van der Waals surface area contributed by atoms with Crippen molar-refractivity contribution in [3.05, 3.63) is 29.8 Å². The van der Waals surface area contributed by atoms with E-state index in [4.69, 9.17) is 9.84 Å². The van der Waals surface area contributed by atoms with Crippen LogP contribution in [0.15, 0.2) is 24.3 Å². The largest absolute Gasteiger partial charge is 0.494 e. The molecule has 0 aliphatic carbocycles. The van der Waals surface area contributed by atoms with Crippen LogP contribution in [-0.4, -0.2) is 35.8 Å². The van der Waals surface area contributed by atoms with Gasteiger partial charge in [-0.3, -0.25) is 4.90 Å². The van der Waals surface area contributed by atoms with Gasteiger partial charge in [0.25, 0.3) is 0 Å². The molecule has 0 heterocycles. The molecule has 0 atom stereocenters. The highest BCUT2D eigenvalue weighted by molar-refractivity contribution is 5.27. The average molecular weight is 251 g/mol. The fourth-order valence-electron chi connectivity index (χ4n) is 1.89. The van der Waals surface area contributed by atoms with Gasteiger partial charge in [-0.15, -0.1) is 0 Å². The first kappa shape index (κ1) is 15.0.